The minimum absolute atomic E-state index is 0. The van der Waals surface area contributed by atoms with Crippen molar-refractivity contribution in [2.24, 2.45) is 5.73 Å². The highest BCUT2D eigenvalue weighted by atomic mass is 35.5. The molecule has 24 heteroatoms. The molecule has 14 N–H and O–H groups in total. The number of hydrogen-bond donors (Lipinski definition) is 11. The first-order valence-corrected chi connectivity index (χ1v) is 20.5. The van der Waals surface area contributed by atoms with Crippen LogP contribution in [0.3, 0.4) is 0 Å². The fraction of sp³-hybridized carbons (Fsp3) is 0.526. The van der Waals surface area contributed by atoms with Crippen molar-refractivity contribution in [3.8, 4) is 0 Å². The second-order valence-electron chi connectivity index (χ2n) is 13.4. The Morgan fingerprint density at radius 3 is 1.98 bits per heavy atom. The normalized spacial score (nSPS) is 28.5. The predicted octanol–water partition coefficient (Wildman–Crippen LogP) is -3.02. The molecule has 3 aliphatic rings. The first kappa shape index (κ1) is 54.4. The van der Waals surface area contributed by atoms with Crippen LogP contribution in [0.5, 0.6) is 0 Å². The minimum Gasteiger partial charge on any atom is -0.466 e. The number of nitrogens with one attached hydrogen (secondary N) is 1. The van der Waals surface area contributed by atoms with Crippen molar-refractivity contribution < 1.29 is 97.3 Å². The molecule has 5 rings (SSSR count). The van der Waals surface area contributed by atoms with Crippen LogP contribution in [0.1, 0.15) is 25.3 Å². The van der Waals surface area contributed by atoms with E-state index in [0.29, 0.717) is 40.7 Å². The molecule has 11 atom stereocenters. The SMILES string of the molecule is CCOC(=O)C1=C(COCCN)NC(C)=C(C(=O)OC)C1c1ccccc1Cl.O.O=S(=O)(O)c1ccccc1.OC[C@H]1O[C@@H](O[C@H]2[C@H](O)[C@@H](O)[C@H](O)O[C@@H]2CO)[C@H](O)[C@@H](O)[C@H]1O. The van der Waals surface area contributed by atoms with E-state index in [-0.39, 0.29) is 29.2 Å². The van der Waals surface area contributed by atoms with Gasteiger partial charge in [-0.1, -0.05) is 48.0 Å². The van der Waals surface area contributed by atoms with E-state index in [4.69, 9.17) is 55.4 Å². The second-order valence-corrected chi connectivity index (χ2v) is 15.2. The van der Waals surface area contributed by atoms with E-state index in [9.17, 15) is 53.8 Å². The van der Waals surface area contributed by atoms with Gasteiger partial charge in [0, 0.05) is 17.3 Å². The third-order valence-electron chi connectivity index (χ3n) is 9.29. The molecule has 1 unspecified atom stereocenters. The third kappa shape index (κ3) is 13.9. The Labute approximate surface area is 361 Å². The maximum Gasteiger partial charge on any atom is 0.336 e. The molecule has 2 saturated heterocycles. The van der Waals surface area contributed by atoms with E-state index in [2.05, 4.69) is 5.32 Å². The molecular weight excluding hydrogens is 872 g/mol. The van der Waals surface area contributed by atoms with E-state index < -0.39 is 103 Å². The van der Waals surface area contributed by atoms with Crippen LogP contribution in [-0.4, -0.2) is 179 Å². The van der Waals surface area contributed by atoms with Crippen molar-refractivity contribution in [3.05, 3.63) is 87.7 Å². The van der Waals surface area contributed by atoms with Gasteiger partial charge >= 0.3 is 11.9 Å². The minimum atomic E-state index is -4.00. The highest BCUT2D eigenvalue weighted by Crippen LogP contribution is 2.42. The summed E-state index contributed by atoms with van der Waals surface area (Å²) in [7, 11) is -2.71. The number of aliphatic hydroxyl groups excluding tert-OH is 8. The molecule has 0 aliphatic carbocycles. The molecule has 62 heavy (non-hydrogen) atoms. The molecule has 2 fully saturated rings. The second kappa shape index (κ2) is 25.6. The highest BCUT2D eigenvalue weighted by molar-refractivity contribution is 7.85. The Morgan fingerprint density at radius 2 is 1.45 bits per heavy atom. The largest absolute Gasteiger partial charge is 0.466 e. The molecule has 2 aromatic carbocycles. The van der Waals surface area contributed by atoms with Crippen molar-refractivity contribution in [3.63, 3.8) is 0 Å². The molecule has 2 aromatic rings. The zero-order valence-electron chi connectivity index (χ0n) is 33.8. The highest BCUT2D eigenvalue weighted by Gasteiger charge is 2.50. The average Bonchev–Trinajstić information content (AvgIpc) is 3.24. The number of rotatable bonds is 13. The summed E-state index contributed by atoms with van der Waals surface area (Å²) >= 11 is 6.42. The lowest BCUT2D eigenvalue weighted by Gasteiger charge is -2.45. The van der Waals surface area contributed by atoms with Crippen LogP contribution < -0.4 is 11.1 Å². The molecular formula is C38H55ClN2O20S. The standard InChI is InChI=1S/C20H25ClN2O5.C12H22O11.C6H6O3S.H2O/c1-4-28-20(25)18-15(11-27-10-9-22)23-12(2)16(19(24)26-3)17(18)13-7-5-6-8-14(13)21;13-1-3-5(15)6(16)9(19)12(22-3)23-10-4(2-14)21-11(20)8(18)7(10)17;7-10(8,9)6-4-2-1-3-5-6;/h5-8,17,23H,4,9-11,22H2,1-3H3;3-20H,1-2H2;1-5H,(H,7,8,9);1H2/t;3-,4-,5+,6+,7-,8-,9-,10-,11-,12+;;/m.1../s1. The topological polar surface area (TPSA) is 375 Å². The van der Waals surface area contributed by atoms with Gasteiger partial charge in [-0.25, -0.2) is 9.59 Å². The first-order valence-electron chi connectivity index (χ1n) is 18.7. The van der Waals surface area contributed by atoms with Crippen molar-refractivity contribution in [2.45, 2.75) is 86.1 Å². The fourth-order valence-electron chi connectivity index (χ4n) is 6.28. The number of dihydropyridines is 1. The van der Waals surface area contributed by atoms with Gasteiger partial charge in [-0.3, -0.25) is 4.55 Å². The van der Waals surface area contributed by atoms with Crippen molar-refractivity contribution in [2.75, 3.05) is 46.7 Å². The number of ether oxygens (including phenoxy) is 6. The van der Waals surface area contributed by atoms with Crippen molar-refractivity contribution in [1.29, 1.82) is 0 Å². The maximum absolute atomic E-state index is 12.9. The lowest BCUT2D eigenvalue weighted by Crippen LogP contribution is -2.64. The average molecular weight is 927 g/mol. The Bertz CT molecular complexity index is 1900. The van der Waals surface area contributed by atoms with E-state index >= 15 is 0 Å². The van der Waals surface area contributed by atoms with E-state index in [1.54, 1.807) is 56.3 Å². The Morgan fingerprint density at radius 1 is 0.839 bits per heavy atom. The van der Waals surface area contributed by atoms with Crippen LogP contribution in [0, 0.1) is 0 Å². The van der Waals surface area contributed by atoms with Crippen molar-refractivity contribution >= 4 is 33.7 Å². The Kier molecular flexibility index (Phi) is 22.4. The number of benzene rings is 2. The molecule has 0 radical (unpaired) electrons. The van der Waals surface area contributed by atoms with Gasteiger partial charge in [0.15, 0.2) is 12.6 Å². The molecule has 0 amide bonds. The van der Waals surface area contributed by atoms with Crippen LogP contribution >= 0.6 is 11.6 Å². The van der Waals surface area contributed by atoms with Gasteiger partial charge in [-0.05, 0) is 37.6 Å². The fourth-order valence-corrected chi connectivity index (χ4v) is 7.03. The molecule has 3 heterocycles. The third-order valence-corrected chi connectivity index (χ3v) is 10.5. The number of hydrogen-bond acceptors (Lipinski definition) is 20. The molecule has 0 bridgehead atoms. The number of carbonyl (C=O) groups is 2. The summed E-state index contributed by atoms with van der Waals surface area (Å²) in [4.78, 5) is 25.4. The van der Waals surface area contributed by atoms with Crippen LogP contribution in [0.2, 0.25) is 5.02 Å². The number of methoxy groups -OCH3 is 1. The summed E-state index contributed by atoms with van der Waals surface area (Å²) < 4.78 is 60.3. The molecule has 0 saturated carbocycles. The monoisotopic (exact) mass is 926 g/mol. The van der Waals surface area contributed by atoms with Crippen LogP contribution in [0.25, 0.3) is 0 Å². The van der Waals surface area contributed by atoms with E-state index in [1.807, 2.05) is 0 Å². The molecule has 350 valence electrons. The number of carbonyl (C=O) groups excluding carboxylic acids is 2. The van der Waals surface area contributed by atoms with Crippen LogP contribution in [-0.2, 0) is 48.1 Å². The molecule has 3 aliphatic heterocycles. The van der Waals surface area contributed by atoms with Crippen molar-refractivity contribution in [1.82, 2.24) is 5.32 Å². The number of esters is 2. The van der Waals surface area contributed by atoms with Crippen LogP contribution in [0.15, 0.2) is 82.0 Å². The summed E-state index contributed by atoms with van der Waals surface area (Å²) in [5.74, 6) is -1.86. The Balaban J connectivity index is 0.000000349. The van der Waals surface area contributed by atoms with Gasteiger partial charge < -0.3 is 85.8 Å². The summed E-state index contributed by atoms with van der Waals surface area (Å²) in [6, 6.07) is 14.5. The summed E-state index contributed by atoms with van der Waals surface area (Å²) in [5.41, 5.74) is 7.70. The Hall–Kier alpha value is -3.70. The number of aliphatic hydroxyl groups is 8. The van der Waals surface area contributed by atoms with Crippen LogP contribution in [0.4, 0.5) is 0 Å². The summed E-state index contributed by atoms with van der Waals surface area (Å²) in [6.45, 7) is 3.07. The number of halogens is 1. The molecule has 0 aromatic heterocycles. The van der Waals surface area contributed by atoms with Gasteiger partial charge in [0.1, 0.15) is 48.8 Å². The van der Waals surface area contributed by atoms with Gasteiger partial charge in [0.25, 0.3) is 10.1 Å². The lowest BCUT2D eigenvalue weighted by molar-refractivity contribution is -0.355. The van der Waals surface area contributed by atoms with E-state index in [1.165, 1.54) is 19.2 Å². The van der Waals surface area contributed by atoms with Gasteiger partial charge in [0.2, 0.25) is 0 Å². The summed E-state index contributed by atoms with van der Waals surface area (Å²) in [6.07, 6.45) is -15.6. The quantitative estimate of drug-likeness (QED) is 0.0541. The predicted molar refractivity (Wildman–Crippen MR) is 214 cm³/mol. The number of allylic oxidation sites excluding steroid dienone is 1. The number of nitrogens with two attached hydrogens (primary N) is 1. The molecule has 0 spiro atoms. The maximum atomic E-state index is 12.9. The first-order chi connectivity index (χ1) is 28.9. The zero-order chi connectivity index (χ0) is 45.6. The van der Waals surface area contributed by atoms with Gasteiger partial charge in [0.05, 0.1) is 67.8 Å². The van der Waals surface area contributed by atoms with Gasteiger partial charge in [-0.15, -0.1) is 0 Å². The smallest absolute Gasteiger partial charge is 0.336 e. The zero-order valence-corrected chi connectivity index (χ0v) is 35.3. The van der Waals surface area contributed by atoms with E-state index in [0.717, 1.165) is 0 Å². The lowest BCUT2D eigenvalue weighted by atomic mass is 9.80. The van der Waals surface area contributed by atoms with Gasteiger partial charge in [-0.2, -0.15) is 8.42 Å². The summed E-state index contributed by atoms with van der Waals surface area (Å²) in [5, 5.41) is 80.0. The molecule has 22 nitrogen and oxygen atoms in total.